The van der Waals surface area contributed by atoms with E-state index in [2.05, 4.69) is 20.0 Å². The Labute approximate surface area is 216 Å². The van der Waals surface area contributed by atoms with Crippen molar-refractivity contribution in [2.45, 2.75) is 51.8 Å². The molecule has 2 N–H and O–H groups in total. The Bertz CT molecular complexity index is 1340. The maximum atomic E-state index is 12.8. The van der Waals surface area contributed by atoms with Crippen molar-refractivity contribution in [1.82, 2.24) is 29.0 Å². The smallest absolute Gasteiger partial charge is 0.306 e. The van der Waals surface area contributed by atoms with Crippen molar-refractivity contribution < 1.29 is 23.1 Å². The zero-order valence-electron chi connectivity index (χ0n) is 21.2. The molecule has 1 aliphatic carbocycles. The Kier molecular flexibility index (Phi) is 8.20. The van der Waals surface area contributed by atoms with Crippen LogP contribution in [-0.2, 0) is 35.1 Å². The summed E-state index contributed by atoms with van der Waals surface area (Å²) in [6.07, 6.45) is 2.59. The number of nitrogens with one attached hydrogen (secondary N) is 1. The average Bonchev–Trinajstić information content (AvgIpc) is 3.25. The first kappa shape index (κ1) is 26.7. The van der Waals surface area contributed by atoms with E-state index in [-0.39, 0.29) is 25.1 Å². The lowest BCUT2D eigenvalue weighted by Crippen LogP contribution is -2.37. The van der Waals surface area contributed by atoms with Crippen molar-refractivity contribution in [3.05, 3.63) is 59.4 Å². The second-order valence-electron chi connectivity index (χ2n) is 9.30. The molecule has 0 unspecified atom stereocenters. The summed E-state index contributed by atoms with van der Waals surface area (Å²) in [4.78, 5) is 16.0. The Hall–Kier alpha value is -3.35. The van der Waals surface area contributed by atoms with Crippen LogP contribution in [-0.4, -0.2) is 56.9 Å². The summed E-state index contributed by atoms with van der Waals surface area (Å²) in [5.74, 6) is -0.576. The van der Waals surface area contributed by atoms with E-state index in [0.717, 1.165) is 18.4 Å². The molecule has 12 heteroatoms. The van der Waals surface area contributed by atoms with Crippen molar-refractivity contribution in [2.24, 2.45) is 13.0 Å². The van der Waals surface area contributed by atoms with Gasteiger partial charge in [0, 0.05) is 20.6 Å². The molecule has 2 aromatic heterocycles. The number of carboxylic acids is 1. The lowest BCUT2D eigenvalue weighted by Gasteiger charge is -2.27. The molecule has 0 saturated heterocycles. The van der Waals surface area contributed by atoms with Crippen LogP contribution in [0.3, 0.4) is 0 Å². The van der Waals surface area contributed by atoms with Gasteiger partial charge in [-0.25, -0.2) is 4.98 Å². The summed E-state index contributed by atoms with van der Waals surface area (Å²) >= 11 is 0. The number of aromatic nitrogens is 4. The number of carbonyl (C=O) groups is 1. The van der Waals surface area contributed by atoms with Gasteiger partial charge in [0.1, 0.15) is 11.4 Å². The summed E-state index contributed by atoms with van der Waals surface area (Å²) in [5, 5.41) is 17.6. The van der Waals surface area contributed by atoms with Crippen LogP contribution < -0.4 is 9.46 Å². The van der Waals surface area contributed by atoms with Crippen molar-refractivity contribution in [1.29, 1.82) is 0 Å². The molecule has 1 fully saturated rings. The molecule has 0 spiro atoms. The van der Waals surface area contributed by atoms with Crippen molar-refractivity contribution >= 4 is 16.2 Å². The fourth-order valence-electron chi connectivity index (χ4n) is 4.43. The Morgan fingerprint density at radius 1 is 1.22 bits per heavy atom. The van der Waals surface area contributed by atoms with Crippen LogP contribution >= 0.6 is 0 Å². The number of aryl methyl sites for hydroxylation is 2. The standard InChI is InChI=1S/C25H32N6O5S/c1-17-23(36-20-11-7-10-19(14-20)25(32)33)13-12-21(27-17)24-22(31(3)29-28-24)15-26-37(34,35)30(2)16-18-8-5-4-6-9-18/h4-6,8-9,12-13,19-20,26H,7,10-11,14-16H2,1-3H3,(H,32,33)/t19-,20-/m0/s1. The SMILES string of the molecule is Cc1nc(-c2nnn(C)c2CNS(=O)(=O)N(C)Cc2ccccc2)ccc1O[C@H]1CCC[C@H](C(=O)O)C1. The molecule has 11 nitrogen and oxygen atoms in total. The number of aliphatic carboxylic acids is 1. The largest absolute Gasteiger partial charge is 0.489 e. The average molecular weight is 529 g/mol. The number of nitrogens with zero attached hydrogens (tertiary/aromatic N) is 5. The molecule has 37 heavy (non-hydrogen) atoms. The van der Waals surface area contributed by atoms with E-state index in [0.29, 0.717) is 41.4 Å². The van der Waals surface area contributed by atoms with Crippen molar-refractivity contribution in [3.63, 3.8) is 0 Å². The highest BCUT2D eigenvalue weighted by atomic mass is 32.2. The van der Waals surface area contributed by atoms with Gasteiger partial charge in [-0.3, -0.25) is 9.48 Å². The first-order chi connectivity index (χ1) is 17.6. The first-order valence-electron chi connectivity index (χ1n) is 12.1. The summed E-state index contributed by atoms with van der Waals surface area (Å²) in [7, 11) is -0.545. The van der Waals surface area contributed by atoms with E-state index in [1.165, 1.54) is 16.0 Å². The number of pyridine rings is 1. The molecule has 2 atom stereocenters. The van der Waals surface area contributed by atoms with E-state index in [9.17, 15) is 18.3 Å². The number of ether oxygens (including phenoxy) is 1. The zero-order valence-corrected chi connectivity index (χ0v) is 22.0. The molecule has 1 aromatic carbocycles. The maximum Gasteiger partial charge on any atom is 0.306 e. The van der Waals surface area contributed by atoms with Crippen molar-refractivity contribution in [2.75, 3.05) is 7.05 Å². The molecular formula is C25H32N6O5S. The fourth-order valence-corrected chi connectivity index (χ4v) is 5.29. The molecule has 2 heterocycles. The van der Waals surface area contributed by atoms with E-state index in [1.54, 1.807) is 19.2 Å². The van der Waals surface area contributed by atoms with E-state index < -0.39 is 16.2 Å². The van der Waals surface area contributed by atoms with E-state index >= 15 is 0 Å². The normalized spacial score (nSPS) is 18.2. The molecule has 1 aliphatic rings. The lowest BCUT2D eigenvalue weighted by atomic mass is 9.87. The molecular weight excluding hydrogens is 496 g/mol. The Morgan fingerprint density at radius 2 is 1.97 bits per heavy atom. The summed E-state index contributed by atoms with van der Waals surface area (Å²) < 4.78 is 37.2. The van der Waals surface area contributed by atoms with Crippen LogP contribution in [0.2, 0.25) is 0 Å². The molecule has 1 saturated carbocycles. The van der Waals surface area contributed by atoms with Crippen LogP contribution in [0.5, 0.6) is 5.75 Å². The van der Waals surface area contributed by atoms with Gasteiger partial charge >= 0.3 is 5.97 Å². The third-order valence-electron chi connectivity index (χ3n) is 6.57. The van der Waals surface area contributed by atoms with Crippen LogP contribution in [0.1, 0.15) is 42.6 Å². The third kappa shape index (κ3) is 6.51. The van der Waals surface area contributed by atoms with E-state index in [1.807, 2.05) is 37.3 Å². The van der Waals surface area contributed by atoms with Gasteiger partial charge in [-0.05, 0) is 50.3 Å². The van der Waals surface area contributed by atoms with Gasteiger partial charge in [-0.2, -0.15) is 17.4 Å². The molecule has 0 bridgehead atoms. The molecule has 0 aliphatic heterocycles. The Balaban J connectivity index is 1.45. The monoisotopic (exact) mass is 528 g/mol. The summed E-state index contributed by atoms with van der Waals surface area (Å²) in [5.41, 5.74) is 3.08. The summed E-state index contributed by atoms with van der Waals surface area (Å²) in [6, 6.07) is 12.9. The van der Waals surface area contributed by atoms with Gasteiger partial charge in [-0.15, -0.1) is 5.10 Å². The maximum absolute atomic E-state index is 12.8. The zero-order chi connectivity index (χ0) is 26.6. The minimum absolute atomic E-state index is 0.0159. The highest BCUT2D eigenvalue weighted by Crippen LogP contribution is 2.30. The molecule has 0 amide bonds. The molecule has 198 valence electrons. The topological polar surface area (TPSA) is 140 Å². The summed E-state index contributed by atoms with van der Waals surface area (Å²) in [6.45, 7) is 2.04. The quantitative estimate of drug-likeness (QED) is 0.409. The first-order valence-corrected chi connectivity index (χ1v) is 13.6. The third-order valence-corrected chi connectivity index (χ3v) is 8.03. The van der Waals surface area contributed by atoms with Crippen LogP contribution in [0.4, 0.5) is 0 Å². The second kappa shape index (κ2) is 11.4. The number of rotatable bonds is 10. The van der Waals surface area contributed by atoms with Gasteiger partial charge in [0.05, 0.1) is 35.6 Å². The predicted molar refractivity (Wildman–Crippen MR) is 137 cm³/mol. The Morgan fingerprint density at radius 3 is 2.68 bits per heavy atom. The second-order valence-corrected chi connectivity index (χ2v) is 11.2. The number of hydrogen-bond acceptors (Lipinski definition) is 7. The minimum atomic E-state index is -3.76. The molecule has 0 radical (unpaired) electrons. The van der Waals surface area contributed by atoms with Crippen LogP contribution in [0, 0.1) is 12.8 Å². The highest BCUT2D eigenvalue weighted by molar-refractivity contribution is 7.87. The molecule has 3 aromatic rings. The number of carboxylic acid groups (broad SMARTS) is 1. The fraction of sp³-hybridized carbons (Fsp3) is 0.440. The molecule has 4 rings (SSSR count). The lowest BCUT2D eigenvalue weighted by molar-refractivity contribution is -0.143. The van der Waals surface area contributed by atoms with Gasteiger partial charge < -0.3 is 9.84 Å². The number of benzene rings is 1. The van der Waals surface area contributed by atoms with Gasteiger partial charge in [0.2, 0.25) is 0 Å². The van der Waals surface area contributed by atoms with Gasteiger partial charge in [0.15, 0.2) is 0 Å². The van der Waals surface area contributed by atoms with Gasteiger partial charge in [-0.1, -0.05) is 35.5 Å². The highest BCUT2D eigenvalue weighted by Gasteiger charge is 2.28. The van der Waals surface area contributed by atoms with Crippen LogP contribution in [0.25, 0.3) is 11.4 Å². The minimum Gasteiger partial charge on any atom is -0.489 e. The van der Waals surface area contributed by atoms with E-state index in [4.69, 9.17) is 4.74 Å². The predicted octanol–water partition coefficient (Wildman–Crippen LogP) is 2.67. The number of hydrogen-bond donors (Lipinski definition) is 2. The van der Waals surface area contributed by atoms with Crippen molar-refractivity contribution in [3.8, 4) is 17.1 Å². The van der Waals surface area contributed by atoms with Gasteiger partial charge in [0.25, 0.3) is 10.2 Å². The van der Waals surface area contributed by atoms with Crippen LogP contribution in [0.15, 0.2) is 42.5 Å².